The van der Waals surface area contributed by atoms with Crippen LogP contribution in [0.2, 0.25) is 0 Å². The minimum atomic E-state index is 0.941. The molecule has 0 atom stereocenters. The predicted octanol–water partition coefficient (Wildman–Crippen LogP) is 4.71. The van der Waals surface area contributed by atoms with Gasteiger partial charge in [-0.2, -0.15) is 0 Å². The van der Waals surface area contributed by atoms with E-state index in [-0.39, 0.29) is 0 Å². The van der Waals surface area contributed by atoms with E-state index in [0.29, 0.717) is 0 Å². The molecule has 0 saturated carbocycles. The molecule has 2 aromatic rings. The van der Waals surface area contributed by atoms with E-state index in [2.05, 4.69) is 63.6 Å². The first-order chi connectivity index (χ1) is 6.24. The van der Waals surface area contributed by atoms with E-state index in [1.807, 2.05) is 11.3 Å². The molecule has 0 fully saturated rings. The number of rotatable bonds is 1. The minimum Gasteiger partial charge on any atom is -0.139 e. The summed E-state index contributed by atoms with van der Waals surface area (Å²) in [6.45, 7) is 2.18. The van der Waals surface area contributed by atoms with Gasteiger partial charge in [0.1, 0.15) is 0 Å². The van der Waals surface area contributed by atoms with Crippen LogP contribution in [0, 0.1) is 10.5 Å². The summed E-state index contributed by atoms with van der Waals surface area (Å²) in [6.07, 6.45) is 0. The van der Waals surface area contributed by atoms with Crippen LogP contribution in [0.4, 0.5) is 0 Å². The molecule has 1 aromatic carbocycles. The SMILES string of the molecule is Cc1sc2cccc(CBr)c2c1I. The van der Waals surface area contributed by atoms with Gasteiger partial charge in [-0.05, 0) is 41.1 Å². The maximum atomic E-state index is 3.52. The maximum absolute atomic E-state index is 3.52. The second-order valence-corrected chi connectivity index (χ2v) is 5.79. The molecule has 13 heavy (non-hydrogen) atoms. The van der Waals surface area contributed by atoms with Crippen molar-refractivity contribution < 1.29 is 0 Å². The van der Waals surface area contributed by atoms with Gasteiger partial charge in [-0.15, -0.1) is 11.3 Å². The van der Waals surface area contributed by atoms with Crippen molar-refractivity contribution in [2.75, 3.05) is 0 Å². The Bertz CT molecular complexity index is 447. The Hall–Kier alpha value is 0.390. The molecular weight excluding hydrogens is 359 g/mol. The van der Waals surface area contributed by atoms with Gasteiger partial charge in [0.2, 0.25) is 0 Å². The fourth-order valence-corrected chi connectivity index (χ4v) is 4.03. The summed E-state index contributed by atoms with van der Waals surface area (Å²) < 4.78 is 2.81. The average Bonchev–Trinajstić information content (AvgIpc) is 2.43. The third kappa shape index (κ3) is 1.66. The van der Waals surface area contributed by atoms with Gasteiger partial charge in [-0.1, -0.05) is 28.1 Å². The van der Waals surface area contributed by atoms with E-state index in [1.54, 1.807) is 0 Å². The number of alkyl halides is 1. The van der Waals surface area contributed by atoms with Gasteiger partial charge >= 0.3 is 0 Å². The first-order valence-corrected chi connectivity index (χ1v) is 6.98. The van der Waals surface area contributed by atoms with Crippen molar-refractivity contribution in [2.45, 2.75) is 12.3 Å². The molecular formula is C10H8BrIS. The molecule has 0 radical (unpaired) electrons. The Morgan fingerprint density at radius 1 is 1.46 bits per heavy atom. The van der Waals surface area contributed by atoms with Gasteiger partial charge in [-0.3, -0.25) is 0 Å². The van der Waals surface area contributed by atoms with Crippen LogP contribution in [0.3, 0.4) is 0 Å². The van der Waals surface area contributed by atoms with Crippen molar-refractivity contribution in [3.63, 3.8) is 0 Å². The number of thiophene rings is 1. The Morgan fingerprint density at radius 3 is 2.92 bits per heavy atom. The molecule has 0 saturated heterocycles. The lowest BCUT2D eigenvalue weighted by Crippen LogP contribution is -1.79. The van der Waals surface area contributed by atoms with Crippen molar-refractivity contribution in [1.29, 1.82) is 0 Å². The minimum absolute atomic E-state index is 0.941. The highest BCUT2D eigenvalue weighted by Gasteiger charge is 2.08. The highest BCUT2D eigenvalue weighted by atomic mass is 127. The van der Waals surface area contributed by atoms with Gasteiger partial charge in [0, 0.05) is 23.9 Å². The number of hydrogen-bond donors (Lipinski definition) is 0. The van der Waals surface area contributed by atoms with Gasteiger partial charge in [-0.25, -0.2) is 0 Å². The number of hydrogen-bond acceptors (Lipinski definition) is 1. The lowest BCUT2D eigenvalue weighted by atomic mass is 10.1. The largest absolute Gasteiger partial charge is 0.139 e. The summed E-state index contributed by atoms with van der Waals surface area (Å²) in [4.78, 5) is 1.42. The van der Waals surface area contributed by atoms with Crippen LogP contribution >= 0.6 is 49.9 Å². The van der Waals surface area contributed by atoms with Crippen LogP contribution in [0.25, 0.3) is 10.1 Å². The average molecular weight is 367 g/mol. The molecule has 0 amide bonds. The number of benzene rings is 1. The normalized spacial score (nSPS) is 11.0. The van der Waals surface area contributed by atoms with Crippen molar-refractivity contribution >= 4 is 59.9 Å². The highest BCUT2D eigenvalue weighted by Crippen LogP contribution is 2.34. The fourth-order valence-electron chi connectivity index (χ4n) is 1.41. The van der Waals surface area contributed by atoms with Crippen molar-refractivity contribution in [3.8, 4) is 0 Å². The molecule has 2 rings (SSSR count). The molecule has 68 valence electrons. The molecule has 1 heterocycles. The zero-order valence-corrected chi connectivity index (χ0v) is 11.7. The standard InChI is InChI=1S/C10H8BrIS/c1-6-10(12)9-7(5-11)3-2-4-8(9)13-6/h2-4H,5H2,1H3. The summed E-state index contributed by atoms with van der Waals surface area (Å²) in [7, 11) is 0. The summed E-state index contributed by atoms with van der Waals surface area (Å²) >= 11 is 7.84. The number of aryl methyl sites for hydroxylation is 1. The Balaban J connectivity index is 2.87. The fraction of sp³-hybridized carbons (Fsp3) is 0.200. The molecule has 0 unspecified atom stereocenters. The van der Waals surface area contributed by atoms with Gasteiger partial charge < -0.3 is 0 Å². The van der Waals surface area contributed by atoms with Crippen LogP contribution in [-0.4, -0.2) is 0 Å². The molecule has 0 spiro atoms. The Kier molecular flexibility index (Phi) is 2.95. The number of fused-ring (bicyclic) bond motifs is 1. The smallest absolute Gasteiger partial charge is 0.0359 e. The summed E-state index contributed by atoms with van der Waals surface area (Å²) in [5.74, 6) is 0. The van der Waals surface area contributed by atoms with Crippen LogP contribution in [0.1, 0.15) is 10.4 Å². The van der Waals surface area contributed by atoms with Crippen LogP contribution in [0.15, 0.2) is 18.2 Å². The van der Waals surface area contributed by atoms with E-state index < -0.39 is 0 Å². The van der Waals surface area contributed by atoms with Crippen LogP contribution in [0.5, 0.6) is 0 Å². The third-order valence-electron chi connectivity index (χ3n) is 2.05. The molecule has 0 nitrogen and oxygen atoms in total. The van der Waals surface area contributed by atoms with Crippen LogP contribution < -0.4 is 0 Å². The van der Waals surface area contributed by atoms with E-state index in [4.69, 9.17) is 0 Å². The van der Waals surface area contributed by atoms with Crippen molar-refractivity contribution in [1.82, 2.24) is 0 Å². The van der Waals surface area contributed by atoms with E-state index >= 15 is 0 Å². The van der Waals surface area contributed by atoms with E-state index in [0.717, 1.165) is 5.33 Å². The quantitative estimate of drug-likeness (QED) is 0.506. The zero-order chi connectivity index (χ0) is 9.42. The molecule has 0 aliphatic carbocycles. The molecule has 0 N–H and O–H groups in total. The van der Waals surface area contributed by atoms with Gasteiger partial charge in [0.25, 0.3) is 0 Å². The Labute approximate surface area is 104 Å². The van der Waals surface area contributed by atoms with Crippen molar-refractivity contribution in [2.24, 2.45) is 0 Å². The predicted molar refractivity (Wildman–Crippen MR) is 71.9 cm³/mol. The van der Waals surface area contributed by atoms with Gasteiger partial charge in [0.15, 0.2) is 0 Å². The molecule has 1 aromatic heterocycles. The summed E-state index contributed by atoms with van der Waals surface area (Å²) in [6, 6.07) is 6.51. The molecule has 0 aliphatic heterocycles. The molecule has 0 bridgehead atoms. The highest BCUT2D eigenvalue weighted by molar-refractivity contribution is 14.1. The number of halogens is 2. The monoisotopic (exact) mass is 366 g/mol. The summed E-state index contributed by atoms with van der Waals surface area (Å²) in [5, 5.41) is 2.37. The molecule has 0 aliphatic rings. The second kappa shape index (κ2) is 3.87. The lowest BCUT2D eigenvalue weighted by Gasteiger charge is -1.98. The zero-order valence-electron chi connectivity index (χ0n) is 7.10. The molecule has 3 heteroatoms. The summed E-state index contributed by atoms with van der Waals surface area (Å²) in [5.41, 5.74) is 1.39. The first-order valence-electron chi connectivity index (χ1n) is 3.96. The lowest BCUT2D eigenvalue weighted by molar-refractivity contribution is 1.48. The van der Waals surface area contributed by atoms with Crippen molar-refractivity contribution in [3.05, 3.63) is 32.2 Å². The first kappa shape index (κ1) is 9.93. The van der Waals surface area contributed by atoms with Gasteiger partial charge in [0.05, 0.1) is 0 Å². The topological polar surface area (TPSA) is 0 Å². The maximum Gasteiger partial charge on any atom is 0.0359 e. The second-order valence-electron chi connectivity index (χ2n) is 2.90. The third-order valence-corrected chi connectivity index (χ3v) is 5.44. The Morgan fingerprint density at radius 2 is 2.23 bits per heavy atom. The van der Waals surface area contributed by atoms with Crippen LogP contribution in [-0.2, 0) is 5.33 Å². The van der Waals surface area contributed by atoms with E-state index in [1.165, 1.54) is 24.1 Å². The van der Waals surface area contributed by atoms with E-state index in [9.17, 15) is 0 Å².